The van der Waals surface area contributed by atoms with Crippen LogP contribution in [0, 0.1) is 0 Å². The van der Waals surface area contributed by atoms with E-state index in [9.17, 15) is 35.1 Å². The Morgan fingerprint density at radius 2 is 1.62 bits per heavy atom. The van der Waals surface area contributed by atoms with Gasteiger partial charge in [0.15, 0.2) is 18.7 Å². The van der Waals surface area contributed by atoms with Gasteiger partial charge in [0.2, 0.25) is 5.91 Å². The van der Waals surface area contributed by atoms with Crippen LogP contribution in [0.4, 0.5) is 0 Å². The largest absolute Gasteiger partial charge is 0.479 e. The van der Waals surface area contributed by atoms with Crippen LogP contribution in [0.25, 0.3) is 0 Å². The molecule has 0 bridgehead atoms. The number of methoxy groups -OCH3 is 2. The Balaban J connectivity index is 2.30. The quantitative estimate of drug-likeness (QED) is 0.233. The number of carbonyl (C=O) groups excluding carboxylic acids is 1. The van der Waals surface area contributed by atoms with Crippen molar-refractivity contribution in [1.29, 1.82) is 0 Å². The molecular formula is C16H27NO12. The van der Waals surface area contributed by atoms with Crippen molar-refractivity contribution in [1.82, 2.24) is 5.32 Å². The van der Waals surface area contributed by atoms with Gasteiger partial charge in [-0.1, -0.05) is 0 Å². The summed E-state index contributed by atoms with van der Waals surface area (Å²) in [6.45, 7) is 0.585. The first kappa shape index (κ1) is 23.9. The topological polar surface area (TPSA) is 193 Å². The molecule has 2 heterocycles. The highest BCUT2D eigenvalue weighted by molar-refractivity contribution is 5.73. The Morgan fingerprint density at radius 3 is 2.10 bits per heavy atom. The van der Waals surface area contributed by atoms with Gasteiger partial charge in [-0.05, 0) is 0 Å². The van der Waals surface area contributed by atoms with Gasteiger partial charge in [0.05, 0.1) is 6.61 Å². The normalized spacial score (nSPS) is 43.0. The molecule has 29 heavy (non-hydrogen) atoms. The van der Waals surface area contributed by atoms with E-state index in [2.05, 4.69) is 5.32 Å². The highest BCUT2D eigenvalue weighted by Gasteiger charge is 2.53. The van der Waals surface area contributed by atoms with Crippen LogP contribution < -0.4 is 5.32 Å². The SMILES string of the molecule is COC1O[C@H](CO)[C@@H](O)[C@H](OC2OC(C(=O)O)[C@@H](OC)[C@H](O)[C@H]2O)[C@H]1NC(C)=O. The van der Waals surface area contributed by atoms with Crippen LogP contribution in [-0.4, -0.2) is 120 Å². The van der Waals surface area contributed by atoms with E-state index in [1.54, 1.807) is 0 Å². The molecule has 0 spiro atoms. The third-order valence-electron chi connectivity index (χ3n) is 4.81. The first-order valence-corrected chi connectivity index (χ1v) is 8.83. The monoisotopic (exact) mass is 425 g/mol. The predicted octanol–water partition coefficient (Wildman–Crippen LogP) is -3.85. The Labute approximate surface area is 166 Å². The van der Waals surface area contributed by atoms with Crippen LogP contribution in [0.5, 0.6) is 0 Å². The summed E-state index contributed by atoms with van der Waals surface area (Å²) in [4.78, 5) is 23.0. The van der Waals surface area contributed by atoms with Gasteiger partial charge in [0.1, 0.15) is 42.7 Å². The van der Waals surface area contributed by atoms with Crippen LogP contribution in [0.1, 0.15) is 6.92 Å². The smallest absolute Gasteiger partial charge is 0.335 e. The van der Waals surface area contributed by atoms with Gasteiger partial charge < -0.3 is 54.5 Å². The van der Waals surface area contributed by atoms with Gasteiger partial charge in [-0.25, -0.2) is 4.79 Å². The van der Waals surface area contributed by atoms with Crippen LogP contribution in [0.2, 0.25) is 0 Å². The molecule has 13 nitrogen and oxygen atoms in total. The molecule has 168 valence electrons. The van der Waals surface area contributed by atoms with Crippen molar-refractivity contribution in [3.05, 3.63) is 0 Å². The van der Waals surface area contributed by atoms with Crippen molar-refractivity contribution < 1.29 is 58.8 Å². The molecule has 0 aromatic rings. The number of carbonyl (C=O) groups is 2. The molecule has 2 fully saturated rings. The fourth-order valence-corrected chi connectivity index (χ4v) is 3.39. The van der Waals surface area contributed by atoms with Gasteiger partial charge >= 0.3 is 5.97 Å². The lowest BCUT2D eigenvalue weighted by Gasteiger charge is -2.47. The molecular weight excluding hydrogens is 398 g/mol. The van der Waals surface area contributed by atoms with Gasteiger partial charge in [0, 0.05) is 21.1 Å². The Bertz CT molecular complexity index is 576. The van der Waals surface area contributed by atoms with E-state index in [0.29, 0.717) is 0 Å². The lowest BCUT2D eigenvalue weighted by molar-refractivity contribution is -0.339. The fraction of sp³-hybridized carbons (Fsp3) is 0.875. The lowest BCUT2D eigenvalue weighted by Crippen LogP contribution is -2.68. The molecule has 0 saturated carbocycles. The second-order valence-electron chi connectivity index (χ2n) is 6.72. The first-order valence-electron chi connectivity index (χ1n) is 8.83. The molecule has 3 unspecified atom stereocenters. The highest BCUT2D eigenvalue weighted by atomic mass is 16.7. The Morgan fingerprint density at radius 1 is 0.966 bits per heavy atom. The molecule has 6 N–H and O–H groups in total. The molecule has 2 saturated heterocycles. The molecule has 2 rings (SSSR count). The molecule has 10 atom stereocenters. The van der Waals surface area contributed by atoms with Crippen molar-refractivity contribution in [2.45, 2.75) is 68.3 Å². The molecule has 2 aliphatic rings. The van der Waals surface area contributed by atoms with Crippen LogP contribution in [0.3, 0.4) is 0 Å². The summed E-state index contributed by atoms with van der Waals surface area (Å²) in [5.41, 5.74) is 0. The van der Waals surface area contributed by atoms with Gasteiger partial charge in [0.25, 0.3) is 0 Å². The molecule has 2 aliphatic heterocycles. The number of rotatable bonds is 7. The number of nitrogens with one attached hydrogen (secondary N) is 1. The second kappa shape index (κ2) is 10.1. The number of carboxylic acids is 1. The van der Waals surface area contributed by atoms with Crippen molar-refractivity contribution in [2.75, 3.05) is 20.8 Å². The van der Waals surface area contributed by atoms with E-state index >= 15 is 0 Å². The number of amides is 1. The standard InChI is InChI=1S/C16H27NO12/c1-5(19)17-7-11(8(20)6(4-18)27-15(7)26-3)28-16-10(22)9(21)12(25-2)13(29-16)14(23)24/h6-13,15-16,18,20-22H,4H2,1-3H3,(H,17,19)(H,23,24)/t6-,7-,8-,9-,10-,11-,12+,13?,15?,16?/m1/s1. The second-order valence-corrected chi connectivity index (χ2v) is 6.72. The number of aliphatic hydroxyl groups excluding tert-OH is 4. The highest BCUT2D eigenvalue weighted by Crippen LogP contribution is 2.30. The number of aliphatic carboxylic acids is 1. The number of hydrogen-bond donors (Lipinski definition) is 6. The molecule has 0 radical (unpaired) electrons. The molecule has 0 aromatic carbocycles. The van der Waals surface area contributed by atoms with E-state index in [1.165, 1.54) is 14.0 Å². The molecule has 1 amide bonds. The maximum atomic E-state index is 11.6. The van der Waals surface area contributed by atoms with Crippen LogP contribution >= 0.6 is 0 Å². The summed E-state index contributed by atoms with van der Waals surface area (Å²) < 4.78 is 26.3. The molecule has 13 heteroatoms. The van der Waals surface area contributed by atoms with E-state index < -0.39 is 79.8 Å². The van der Waals surface area contributed by atoms with Gasteiger partial charge in [-0.15, -0.1) is 0 Å². The van der Waals surface area contributed by atoms with Crippen molar-refractivity contribution in [3.63, 3.8) is 0 Å². The van der Waals surface area contributed by atoms with E-state index in [0.717, 1.165) is 7.11 Å². The first-order chi connectivity index (χ1) is 13.7. The van der Waals surface area contributed by atoms with E-state index in [1.807, 2.05) is 0 Å². The minimum absolute atomic E-state index is 0.517. The summed E-state index contributed by atoms with van der Waals surface area (Å²) in [6, 6.07) is -1.10. The van der Waals surface area contributed by atoms with Crippen LogP contribution in [0.15, 0.2) is 0 Å². The number of hydrogen-bond acceptors (Lipinski definition) is 11. The average Bonchev–Trinajstić information content (AvgIpc) is 2.67. The third kappa shape index (κ3) is 5.02. The number of ether oxygens (including phenoxy) is 5. The summed E-state index contributed by atoms with van der Waals surface area (Å²) in [6.07, 6.45) is -13.3. The van der Waals surface area contributed by atoms with E-state index in [-0.39, 0.29) is 0 Å². The Hall–Kier alpha value is -1.42. The van der Waals surface area contributed by atoms with Crippen molar-refractivity contribution >= 4 is 11.9 Å². The van der Waals surface area contributed by atoms with E-state index in [4.69, 9.17) is 23.7 Å². The maximum absolute atomic E-state index is 11.6. The van der Waals surface area contributed by atoms with Gasteiger partial charge in [-0.3, -0.25) is 4.79 Å². The Kier molecular flexibility index (Phi) is 8.28. The predicted molar refractivity (Wildman–Crippen MR) is 90.3 cm³/mol. The van der Waals surface area contributed by atoms with Crippen molar-refractivity contribution in [3.8, 4) is 0 Å². The summed E-state index contributed by atoms with van der Waals surface area (Å²) in [5, 5.41) is 52.3. The fourth-order valence-electron chi connectivity index (χ4n) is 3.39. The average molecular weight is 425 g/mol. The lowest BCUT2D eigenvalue weighted by atomic mass is 9.95. The summed E-state index contributed by atoms with van der Waals surface area (Å²) in [5.74, 6) is -1.98. The van der Waals surface area contributed by atoms with Crippen molar-refractivity contribution in [2.24, 2.45) is 0 Å². The maximum Gasteiger partial charge on any atom is 0.335 e. The minimum atomic E-state index is -1.74. The zero-order chi connectivity index (χ0) is 21.9. The zero-order valence-corrected chi connectivity index (χ0v) is 16.1. The zero-order valence-electron chi connectivity index (χ0n) is 16.1. The summed E-state index contributed by atoms with van der Waals surface area (Å²) in [7, 11) is 2.41. The number of aliphatic hydroxyl groups is 4. The van der Waals surface area contributed by atoms with Gasteiger partial charge in [-0.2, -0.15) is 0 Å². The summed E-state index contributed by atoms with van der Waals surface area (Å²) >= 11 is 0. The number of carboxylic acid groups (broad SMARTS) is 1. The van der Waals surface area contributed by atoms with Crippen LogP contribution in [-0.2, 0) is 33.3 Å². The molecule has 0 aliphatic carbocycles. The molecule has 0 aromatic heterocycles. The minimum Gasteiger partial charge on any atom is -0.479 e. The third-order valence-corrected chi connectivity index (χ3v) is 4.81.